The molecular formula is C20H26N4O2. The molecule has 3 rings (SSSR count). The lowest BCUT2D eigenvalue weighted by atomic mass is 9.86. The number of aryl methyl sites for hydroxylation is 1. The van der Waals surface area contributed by atoms with E-state index in [9.17, 15) is 9.59 Å². The van der Waals surface area contributed by atoms with Crippen molar-refractivity contribution in [1.82, 2.24) is 14.4 Å². The minimum absolute atomic E-state index is 0.00858. The van der Waals surface area contributed by atoms with Gasteiger partial charge in [-0.1, -0.05) is 18.2 Å². The standard InChI is InChI=1S/C20H26N4O2/c1-22(2)19(26)20(21-16-9-5-4-6-10-16)12-8-14-24(15-20)18(25)17-11-7-13-23(17)3/h4-7,9-11,13,21H,8,12,14-15H2,1-3H3. The van der Waals surface area contributed by atoms with Crippen molar-refractivity contribution in [2.24, 2.45) is 7.05 Å². The van der Waals surface area contributed by atoms with Crippen LogP contribution in [0.3, 0.4) is 0 Å². The molecule has 1 unspecified atom stereocenters. The Morgan fingerprint density at radius 3 is 2.46 bits per heavy atom. The third-order valence-electron chi connectivity index (χ3n) is 4.92. The number of carbonyl (C=O) groups excluding carboxylic acids is 2. The summed E-state index contributed by atoms with van der Waals surface area (Å²) in [6, 6.07) is 13.4. The lowest BCUT2D eigenvalue weighted by Gasteiger charge is -2.43. The number of amides is 2. The van der Waals surface area contributed by atoms with Gasteiger partial charge in [0.05, 0.1) is 6.54 Å². The number of aromatic nitrogens is 1. The van der Waals surface area contributed by atoms with Gasteiger partial charge in [0.1, 0.15) is 11.2 Å². The number of likely N-dealkylation sites (N-methyl/N-ethyl adjacent to an activating group) is 1. The molecule has 2 aromatic rings. The maximum Gasteiger partial charge on any atom is 0.270 e. The van der Waals surface area contributed by atoms with E-state index in [4.69, 9.17) is 0 Å². The molecule has 0 aliphatic carbocycles. The molecule has 0 spiro atoms. The van der Waals surface area contributed by atoms with Gasteiger partial charge >= 0.3 is 0 Å². The summed E-state index contributed by atoms with van der Waals surface area (Å²) < 4.78 is 1.82. The quantitative estimate of drug-likeness (QED) is 0.916. The van der Waals surface area contributed by atoms with Crippen LogP contribution in [0, 0.1) is 0 Å². The van der Waals surface area contributed by atoms with Gasteiger partial charge in [0.25, 0.3) is 5.91 Å². The molecule has 2 heterocycles. The van der Waals surface area contributed by atoms with Gasteiger partial charge in [0.2, 0.25) is 5.91 Å². The summed E-state index contributed by atoms with van der Waals surface area (Å²) in [6.45, 7) is 1.01. The monoisotopic (exact) mass is 354 g/mol. The smallest absolute Gasteiger partial charge is 0.270 e. The highest BCUT2D eigenvalue weighted by atomic mass is 16.2. The SMILES string of the molecule is CN(C)C(=O)C1(Nc2ccccc2)CCCN(C(=O)c2cccn2C)C1. The Balaban J connectivity index is 1.90. The maximum absolute atomic E-state index is 13.1. The largest absolute Gasteiger partial charge is 0.370 e. The highest BCUT2D eigenvalue weighted by molar-refractivity contribution is 5.95. The van der Waals surface area contributed by atoms with Crippen LogP contribution in [0.15, 0.2) is 48.7 Å². The number of nitrogens with zero attached hydrogens (tertiary/aromatic N) is 3. The number of benzene rings is 1. The molecule has 1 aliphatic rings. The van der Waals surface area contributed by atoms with Gasteiger partial charge in [-0.15, -0.1) is 0 Å². The van der Waals surface area contributed by atoms with Crippen LogP contribution in [0.5, 0.6) is 0 Å². The van der Waals surface area contributed by atoms with Crippen LogP contribution in [0.2, 0.25) is 0 Å². The molecule has 1 fully saturated rings. The van der Waals surface area contributed by atoms with Crippen molar-refractivity contribution in [3.05, 3.63) is 54.4 Å². The molecule has 0 bridgehead atoms. The van der Waals surface area contributed by atoms with Crippen molar-refractivity contribution in [2.45, 2.75) is 18.4 Å². The molecule has 1 aromatic carbocycles. The lowest BCUT2D eigenvalue weighted by Crippen LogP contribution is -2.62. The fourth-order valence-corrected chi connectivity index (χ4v) is 3.63. The van der Waals surface area contributed by atoms with E-state index in [1.54, 1.807) is 23.9 Å². The van der Waals surface area contributed by atoms with Gasteiger partial charge in [0.15, 0.2) is 0 Å². The summed E-state index contributed by atoms with van der Waals surface area (Å²) in [6.07, 6.45) is 3.32. The first kappa shape index (κ1) is 18.0. The van der Waals surface area contributed by atoms with Gasteiger partial charge in [-0.05, 0) is 37.1 Å². The number of carbonyl (C=O) groups is 2. The van der Waals surface area contributed by atoms with Gasteiger partial charge in [-0.2, -0.15) is 0 Å². The first-order chi connectivity index (χ1) is 12.4. The second-order valence-electron chi connectivity index (χ2n) is 7.11. The molecule has 2 amide bonds. The van der Waals surface area contributed by atoms with Crippen molar-refractivity contribution >= 4 is 17.5 Å². The Kier molecular flexibility index (Phi) is 5.02. The fraction of sp³-hybridized carbons (Fsp3) is 0.400. The van der Waals surface area contributed by atoms with Crippen molar-refractivity contribution in [1.29, 1.82) is 0 Å². The van der Waals surface area contributed by atoms with E-state index in [0.29, 0.717) is 25.2 Å². The number of anilines is 1. The average molecular weight is 354 g/mol. The summed E-state index contributed by atoms with van der Waals surface area (Å²) >= 11 is 0. The summed E-state index contributed by atoms with van der Waals surface area (Å²) in [7, 11) is 5.38. The molecule has 1 aromatic heterocycles. The van der Waals surface area contributed by atoms with Crippen LogP contribution < -0.4 is 5.32 Å². The first-order valence-corrected chi connectivity index (χ1v) is 8.88. The van der Waals surface area contributed by atoms with Crippen LogP contribution in [-0.2, 0) is 11.8 Å². The van der Waals surface area contributed by atoms with E-state index in [1.807, 2.05) is 60.3 Å². The summed E-state index contributed by atoms with van der Waals surface area (Å²) in [4.78, 5) is 29.4. The zero-order valence-electron chi connectivity index (χ0n) is 15.6. The minimum Gasteiger partial charge on any atom is -0.370 e. The second kappa shape index (κ2) is 7.23. The number of piperidine rings is 1. The van der Waals surface area contributed by atoms with Crippen LogP contribution in [0.4, 0.5) is 5.69 Å². The Bertz CT molecular complexity index is 784. The van der Waals surface area contributed by atoms with E-state index in [-0.39, 0.29) is 11.8 Å². The normalized spacial score (nSPS) is 19.9. The van der Waals surface area contributed by atoms with Crippen molar-refractivity contribution in [3.63, 3.8) is 0 Å². The Labute approximate surface area is 154 Å². The van der Waals surface area contributed by atoms with Gasteiger partial charge < -0.3 is 19.7 Å². The molecule has 1 saturated heterocycles. The fourth-order valence-electron chi connectivity index (χ4n) is 3.63. The van der Waals surface area contributed by atoms with E-state index in [0.717, 1.165) is 12.1 Å². The van der Waals surface area contributed by atoms with Gasteiger partial charge in [0, 0.05) is 39.6 Å². The van der Waals surface area contributed by atoms with E-state index in [2.05, 4.69) is 5.32 Å². The second-order valence-corrected chi connectivity index (χ2v) is 7.11. The molecule has 1 N–H and O–H groups in total. The van der Waals surface area contributed by atoms with E-state index in [1.165, 1.54) is 0 Å². The Morgan fingerprint density at radius 2 is 1.85 bits per heavy atom. The molecule has 138 valence electrons. The van der Waals surface area contributed by atoms with Crippen LogP contribution in [0.25, 0.3) is 0 Å². The summed E-state index contributed by atoms with van der Waals surface area (Å²) in [5, 5.41) is 3.43. The summed E-state index contributed by atoms with van der Waals surface area (Å²) in [5.41, 5.74) is 0.706. The molecule has 1 atom stereocenters. The number of para-hydroxylation sites is 1. The molecule has 0 radical (unpaired) electrons. The molecule has 1 aliphatic heterocycles. The molecular weight excluding hydrogens is 328 g/mol. The lowest BCUT2D eigenvalue weighted by molar-refractivity contribution is -0.135. The van der Waals surface area contributed by atoms with E-state index < -0.39 is 5.54 Å². The average Bonchev–Trinajstić information content (AvgIpc) is 3.07. The predicted molar refractivity (Wildman–Crippen MR) is 102 cm³/mol. The molecule has 26 heavy (non-hydrogen) atoms. The van der Waals surface area contributed by atoms with Gasteiger partial charge in [-0.25, -0.2) is 0 Å². The van der Waals surface area contributed by atoms with Crippen molar-refractivity contribution in [2.75, 3.05) is 32.5 Å². The zero-order chi connectivity index (χ0) is 18.7. The molecule has 6 heteroatoms. The Hall–Kier alpha value is -2.76. The van der Waals surface area contributed by atoms with Crippen LogP contribution in [0.1, 0.15) is 23.3 Å². The maximum atomic E-state index is 13.1. The van der Waals surface area contributed by atoms with E-state index >= 15 is 0 Å². The number of rotatable bonds is 4. The zero-order valence-corrected chi connectivity index (χ0v) is 15.6. The number of nitrogens with one attached hydrogen (secondary N) is 1. The number of hydrogen-bond acceptors (Lipinski definition) is 3. The predicted octanol–water partition coefficient (Wildman–Crippen LogP) is 2.20. The molecule has 6 nitrogen and oxygen atoms in total. The third kappa shape index (κ3) is 3.45. The van der Waals surface area contributed by atoms with Crippen LogP contribution >= 0.6 is 0 Å². The number of likely N-dealkylation sites (tertiary alicyclic amines) is 1. The molecule has 0 saturated carbocycles. The highest BCUT2D eigenvalue weighted by Gasteiger charge is 2.44. The number of hydrogen-bond donors (Lipinski definition) is 1. The third-order valence-corrected chi connectivity index (χ3v) is 4.92. The highest BCUT2D eigenvalue weighted by Crippen LogP contribution is 2.28. The first-order valence-electron chi connectivity index (χ1n) is 8.88. The Morgan fingerprint density at radius 1 is 1.12 bits per heavy atom. The van der Waals surface area contributed by atoms with Crippen molar-refractivity contribution < 1.29 is 9.59 Å². The topological polar surface area (TPSA) is 57.6 Å². The summed E-state index contributed by atoms with van der Waals surface area (Å²) in [5.74, 6) is -0.0475. The minimum atomic E-state index is -0.816. The van der Waals surface area contributed by atoms with Crippen LogP contribution in [-0.4, -0.2) is 58.9 Å². The van der Waals surface area contributed by atoms with Gasteiger partial charge in [-0.3, -0.25) is 9.59 Å². The van der Waals surface area contributed by atoms with Crippen molar-refractivity contribution in [3.8, 4) is 0 Å².